The van der Waals surface area contributed by atoms with E-state index in [1.54, 1.807) is 0 Å². The van der Waals surface area contributed by atoms with Gasteiger partial charge in [0.15, 0.2) is 0 Å². The van der Waals surface area contributed by atoms with E-state index in [1.165, 1.54) is 24.6 Å². The molecule has 1 heterocycles. The summed E-state index contributed by atoms with van der Waals surface area (Å²) in [5.41, 5.74) is 0. The summed E-state index contributed by atoms with van der Waals surface area (Å²) in [5, 5.41) is 0. The fraction of sp³-hybridized carbons (Fsp3) is 1.00. The van der Waals surface area contributed by atoms with Crippen molar-refractivity contribution in [3.63, 3.8) is 0 Å². The first-order valence-corrected chi connectivity index (χ1v) is 6.26. The van der Waals surface area contributed by atoms with Gasteiger partial charge in [0.2, 0.25) is 0 Å². The first-order valence-electron chi connectivity index (χ1n) is 3.47. The van der Waals surface area contributed by atoms with Crippen LogP contribution in [0.3, 0.4) is 0 Å². The summed E-state index contributed by atoms with van der Waals surface area (Å²) >= 11 is 0. The maximum absolute atomic E-state index is 2.44. The van der Waals surface area contributed by atoms with E-state index in [9.17, 15) is 0 Å². The third-order valence-electron chi connectivity index (χ3n) is 2.05. The second kappa shape index (κ2) is 2.51. The van der Waals surface area contributed by atoms with Crippen LogP contribution in [-0.4, -0.2) is 49.1 Å². The molecule has 1 aliphatic rings. The summed E-state index contributed by atoms with van der Waals surface area (Å²) < 4.78 is 0. The van der Waals surface area contributed by atoms with E-state index in [2.05, 4.69) is 24.5 Å². The Labute approximate surface area is 59.7 Å². The second-order valence-electron chi connectivity index (χ2n) is 3.48. The normalized spacial score (nSPS) is 31.9. The molecule has 0 radical (unpaired) electrons. The van der Waals surface area contributed by atoms with Crippen LogP contribution in [0.2, 0.25) is 0 Å². The minimum Gasteiger partial charge on any atom is -0.305 e. The molecule has 0 aliphatic carbocycles. The molecule has 56 valence electrons. The lowest BCUT2D eigenvalue weighted by Gasteiger charge is -2.39. The van der Waals surface area contributed by atoms with Crippen molar-refractivity contribution >= 4 is 10.0 Å². The maximum atomic E-state index is 2.44. The molecule has 0 N–H and O–H groups in total. The predicted octanol–water partition coefficient (Wildman–Crippen LogP) is 0.996. The topological polar surface area (TPSA) is 3.24 Å². The lowest BCUT2D eigenvalue weighted by atomic mass is 10.6. The van der Waals surface area contributed by atoms with E-state index < -0.39 is 0 Å². The van der Waals surface area contributed by atoms with Crippen molar-refractivity contribution in [1.29, 1.82) is 0 Å². The number of hydrogen-bond donors (Lipinski definition) is 0. The molecule has 9 heavy (non-hydrogen) atoms. The second-order valence-corrected chi connectivity index (χ2v) is 7.83. The minimum atomic E-state index is -0.157. The van der Waals surface area contributed by atoms with Gasteiger partial charge in [0.25, 0.3) is 0 Å². The molecule has 1 fully saturated rings. The van der Waals surface area contributed by atoms with Crippen molar-refractivity contribution in [3.8, 4) is 0 Å². The molecular formula is C7H17NS. The molecule has 0 aromatic carbocycles. The molecular weight excluding hydrogens is 130 g/mol. The molecule has 0 atom stereocenters. The van der Waals surface area contributed by atoms with Gasteiger partial charge < -0.3 is 4.90 Å². The van der Waals surface area contributed by atoms with Gasteiger partial charge in [0.1, 0.15) is 0 Å². The smallest absolute Gasteiger partial charge is 0.00548 e. The van der Waals surface area contributed by atoms with Crippen molar-refractivity contribution in [2.45, 2.75) is 0 Å². The van der Waals surface area contributed by atoms with Gasteiger partial charge in [-0.15, -0.1) is 0 Å². The third-order valence-corrected chi connectivity index (χ3v) is 4.63. The Balaban J connectivity index is 2.35. The summed E-state index contributed by atoms with van der Waals surface area (Å²) in [6.07, 6.45) is 4.89. The number of nitrogens with zero attached hydrogens (tertiary/aromatic N) is 1. The highest BCUT2D eigenvalue weighted by molar-refractivity contribution is 8.32. The van der Waals surface area contributed by atoms with Crippen LogP contribution in [0, 0.1) is 0 Å². The molecule has 1 rings (SSSR count). The number of rotatable bonds is 0. The Morgan fingerprint density at radius 1 is 1.11 bits per heavy atom. The average molecular weight is 147 g/mol. The Hall–Kier alpha value is 0.310. The van der Waals surface area contributed by atoms with Gasteiger partial charge in [-0.3, -0.25) is 0 Å². The Bertz CT molecular complexity index is 91.1. The fourth-order valence-corrected chi connectivity index (χ4v) is 2.84. The molecule has 0 aromatic heterocycles. The lowest BCUT2D eigenvalue weighted by molar-refractivity contribution is 0.369. The van der Waals surface area contributed by atoms with E-state index in [0.29, 0.717) is 0 Å². The summed E-state index contributed by atoms with van der Waals surface area (Å²) in [7, 11) is 2.06. The number of hydrogen-bond acceptors (Lipinski definition) is 1. The SMILES string of the molecule is CN1CCS(C)(C)CC1. The zero-order chi connectivity index (χ0) is 6.91. The molecule has 0 spiro atoms. The quantitative estimate of drug-likeness (QED) is 0.494. The lowest BCUT2D eigenvalue weighted by Crippen LogP contribution is -2.34. The van der Waals surface area contributed by atoms with E-state index >= 15 is 0 Å². The highest BCUT2D eigenvalue weighted by atomic mass is 32.3. The molecule has 0 bridgehead atoms. The fourth-order valence-electron chi connectivity index (χ4n) is 1.02. The van der Waals surface area contributed by atoms with Crippen LogP contribution in [0.25, 0.3) is 0 Å². The largest absolute Gasteiger partial charge is 0.305 e. The molecule has 0 saturated carbocycles. The van der Waals surface area contributed by atoms with Crippen molar-refractivity contribution in [3.05, 3.63) is 0 Å². The third kappa shape index (κ3) is 2.18. The summed E-state index contributed by atoms with van der Waals surface area (Å²) in [6.45, 7) is 2.64. The van der Waals surface area contributed by atoms with Gasteiger partial charge in [-0.05, 0) is 31.1 Å². The summed E-state index contributed by atoms with van der Waals surface area (Å²) in [6, 6.07) is 0. The highest BCUT2D eigenvalue weighted by Crippen LogP contribution is 2.40. The van der Waals surface area contributed by atoms with Gasteiger partial charge in [0, 0.05) is 13.1 Å². The van der Waals surface area contributed by atoms with E-state index in [4.69, 9.17) is 0 Å². The van der Waals surface area contributed by atoms with Crippen molar-refractivity contribution in [2.75, 3.05) is 44.2 Å². The Morgan fingerprint density at radius 3 is 1.89 bits per heavy atom. The van der Waals surface area contributed by atoms with Crippen LogP contribution in [0.4, 0.5) is 0 Å². The molecule has 0 amide bonds. The van der Waals surface area contributed by atoms with Crippen LogP contribution >= 0.6 is 10.0 Å². The summed E-state index contributed by atoms with van der Waals surface area (Å²) in [4.78, 5) is 2.43. The van der Waals surface area contributed by atoms with Gasteiger partial charge >= 0.3 is 0 Å². The molecule has 1 aliphatic heterocycles. The first kappa shape index (κ1) is 7.42. The maximum Gasteiger partial charge on any atom is 0.00548 e. The van der Waals surface area contributed by atoms with E-state index in [0.717, 1.165) is 0 Å². The van der Waals surface area contributed by atoms with Crippen LogP contribution in [0.5, 0.6) is 0 Å². The van der Waals surface area contributed by atoms with Gasteiger partial charge in [0.05, 0.1) is 0 Å². The van der Waals surface area contributed by atoms with E-state index in [-0.39, 0.29) is 10.0 Å². The molecule has 1 saturated heterocycles. The predicted molar refractivity (Wildman–Crippen MR) is 46.7 cm³/mol. The van der Waals surface area contributed by atoms with Gasteiger partial charge in [-0.25, -0.2) is 10.0 Å². The summed E-state index contributed by atoms with van der Waals surface area (Å²) in [5.74, 6) is 2.90. The van der Waals surface area contributed by atoms with Crippen molar-refractivity contribution < 1.29 is 0 Å². The zero-order valence-corrected chi connectivity index (χ0v) is 7.50. The van der Waals surface area contributed by atoms with E-state index in [1.807, 2.05) is 0 Å². The van der Waals surface area contributed by atoms with Crippen LogP contribution in [0.1, 0.15) is 0 Å². The monoisotopic (exact) mass is 147 g/mol. The van der Waals surface area contributed by atoms with Crippen LogP contribution in [0.15, 0.2) is 0 Å². The standard InChI is InChI=1S/C7H17NS/c1-8-4-6-9(2,3)7-5-8/h4-7H2,1-3H3. The molecule has 1 nitrogen and oxygen atoms in total. The van der Waals surface area contributed by atoms with Crippen LogP contribution in [-0.2, 0) is 0 Å². The van der Waals surface area contributed by atoms with Crippen molar-refractivity contribution in [2.24, 2.45) is 0 Å². The van der Waals surface area contributed by atoms with Crippen molar-refractivity contribution in [1.82, 2.24) is 4.90 Å². The highest BCUT2D eigenvalue weighted by Gasteiger charge is 2.17. The first-order chi connectivity index (χ1) is 4.10. The Kier molecular flexibility index (Phi) is 2.07. The molecule has 0 unspecified atom stereocenters. The zero-order valence-electron chi connectivity index (χ0n) is 6.68. The minimum absolute atomic E-state index is 0.157. The Morgan fingerprint density at radius 2 is 1.56 bits per heavy atom. The van der Waals surface area contributed by atoms with Gasteiger partial charge in [-0.1, -0.05) is 0 Å². The van der Waals surface area contributed by atoms with Gasteiger partial charge in [-0.2, -0.15) is 0 Å². The average Bonchev–Trinajstić information content (AvgIpc) is 1.78. The van der Waals surface area contributed by atoms with Crippen LogP contribution < -0.4 is 0 Å². The molecule has 2 heteroatoms. The molecule has 0 aromatic rings.